The van der Waals surface area contributed by atoms with Gasteiger partial charge in [0.25, 0.3) is 0 Å². The largest absolute Gasteiger partial charge is 0.392 e. The van der Waals surface area contributed by atoms with Crippen LogP contribution in [0, 0.1) is 0 Å². The van der Waals surface area contributed by atoms with Crippen LogP contribution in [0.2, 0.25) is 0 Å². The molecule has 3 aromatic heterocycles. The van der Waals surface area contributed by atoms with Gasteiger partial charge >= 0.3 is 0 Å². The molecule has 0 saturated heterocycles. The van der Waals surface area contributed by atoms with Crippen LogP contribution >= 0.6 is 0 Å². The quantitative estimate of drug-likeness (QED) is 0.585. The van der Waals surface area contributed by atoms with E-state index < -0.39 is 6.29 Å². The van der Waals surface area contributed by atoms with Crippen molar-refractivity contribution in [2.75, 3.05) is 0 Å². The van der Waals surface area contributed by atoms with E-state index in [0.29, 0.717) is 12.5 Å². The van der Waals surface area contributed by atoms with Crippen molar-refractivity contribution < 1.29 is 15.3 Å². The van der Waals surface area contributed by atoms with Gasteiger partial charge in [-0.1, -0.05) is 5.21 Å². The first-order chi connectivity index (χ1) is 11.1. The number of rotatable bonds is 5. The van der Waals surface area contributed by atoms with Crippen LogP contribution in [0.4, 0.5) is 0 Å². The van der Waals surface area contributed by atoms with Crippen molar-refractivity contribution in [2.45, 2.75) is 38.2 Å². The Morgan fingerprint density at radius 3 is 2.70 bits per heavy atom. The van der Waals surface area contributed by atoms with Gasteiger partial charge in [0, 0.05) is 18.0 Å². The molecular weight excluding hydrogens is 298 g/mol. The molecule has 0 bridgehead atoms. The highest BCUT2D eigenvalue weighted by Crippen LogP contribution is 2.40. The second-order valence-electron chi connectivity index (χ2n) is 5.91. The Hall–Kier alpha value is -2.29. The topological polar surface area (TPSA) is 109 Å². The van der Waals surface area contributed by atoms with E-state index in [1.165, 1.54) is 29.3 Å². The lowest BCUT2D eigenvalue weighted by Gasteiger charge is -2.04. The molecule has 8 nitrogen and oxygen atoms in total. The number of aromatic nitrogens is 5. The monoisotopic (exact) mass is 315 g/mol. The van der Waals surface area contributed by atoms with Crippen LogP contribution in [0.25, 0.3) is 5.65 Å². The number of fused-ring (bicyclic) bond motifs is 1. The predicted molar refractivity (Wildman–Crippen MR) is 79.4 cm³/mol. The summed E-state index contributed by atoms with van der Waals surface area (Å²) < 4.78 is 3.43. The van der Waals surface area contributed by atoms with Gasteiger partial charge < -0.3 is 19.7 Å². The molecule has 0 amide bonds. The van der Waals surface area contributed by atoms with Crippen molar-refractivity contribution >= 4 is 5.65 Å². The predicted octanol–water partition coefficient (Wildman–Crippen LogP) is 0.327. The van der Waals surface area contributed by atoms with E-state index in [-0.39, 0.29) is 12.3 Å². The van der Waals surface area contributed by atoms with Gasteiger partial charge in [-0.2, -0.15) is 0 Å². The highest BCUT2D eigenvalue weighted by atomic mass is 16.5. The molecule has 8 heteroatoms. The molecular formula is C15H17N5O3. The van der Waals surface area contributed by atoms with Crippen LogP contribution in [0.5, 0.6) is 0 Å². The lowest BCUT2D eigenvalue weighted by Crippen LogP contribution is -2.00. The van der Waals surface area contributed by atoms with Crippen LogP contribution in [-0.2, 0) is 13.2 Å². The number of hydrogen-bond acceptors (Lipinski definition) is 6. The Labute approximate surface area is 131 Å². The fourth-order valence-corrected chi connectivity index (χ4v) is 2.75. The number of aliphatic hydroxyl groups excluding tert-OH is 2. The Kier molecular flexibility index (Phi) is 3.37. The van der Waals surface area contributed by atoms with E-state index in [1.54, 1.807) is 0 Å². The van der Waals surface area contributed by atoms with Gasteiger partial charge in [0.1, 0.15) is 11.3 Å². The van der Waals surface area contributed by atoms with Crippen LogP contribution < -0.4 is 0 Å². The summed E-state index contributed by atoms with van der Waals surface area (Å²) in [5.41, 5.74) is 3.63. The number of pyridine rings is 1. The zero-order valence-electron chi connectivity index (χ0n) is 12.4. The summed E-state index contributed by atoms with van der Waals surface area (Å²) in [5, 5.41) is 35.3. The molecule has 1 aliphatic carbocycles. The third-order valence-electron chi connectivity index (χ3n) is 4.06. The minimum atomic E-state index is -1.63. The number of nitrogens with zero attached hydrogens (tertiary/aromatic N) is 5. The van der Waals surface area contributed by atoms with Crippen molar-refractivity contribution in [2.24, 2.45) is 0 Å². The lowest BCUT2D eigenvalue weighted by molar-refractivity contribution is -0.0459. The van der Waals surface area contributed by atoms with Crippen LogP contribution in [-0.4, -0.2) is 39.7 Å². The third-order valence-corrected chi connectivity index (χ3v) is 4.06. The fraction of sp³-hybridized carbons (Fsp3) is 0.400. The molecule has 0 radical (unpaired) electrons. The van der Waals surface area contributed by atoms with E-state index >= 15 is 0 Å². The molecule has 1 saturated carbocycles. The Bertz CT molecular complexity index is 850. The SMILES string of the molecule is OCc1cc(C2CC2)cn2cc(Cn3cc(C(O)O)nn3)nc12. The Balaban J connectivity index is 1.67. The molecule has 4 rings (SSSR count). The summed E-state index contributed by atoms with van der Waals surface area (Å²) in [6.07, 6.45) is 6.19. The van der Waals surface area contributed by atoms with Crippen molar-refractivity contribution in [1.29, 1.82) is 0 Å². The highest BCUT2D eigenvalue weighted by molar-refractivity contribution is 5.51. The summed E-state index contributed by atoms with van der Waals surface area (Å²) in [6, 6.07) is 2.03. The van der Waals surface area contributed by atoms with E-state index in [4.69, 9.17) is 10.2 Å². The summed E-state index contributed by atoms with van der Waals surface area (Å²) in [5.74, 6) is 0.597. The van der Waals surface area contributed by atoms with Gasteiger partial charge in [-0.3, -0.25) is 0 Å². The van der Waals surface area contributed by atoms with E-state index in [2.05, 4.69) is 21.5 Å². The van der Waals surface area contributed by atoms with Gasteiger partial charge in [0.15, 0.2) is 6.29 Å². The normalized spacial score (nSPS) is 15.0. The molecule has 0 aromatic carbocycles. The van der Waals surface area contributed by atoms with E-state index in [9.17, 15) is 5.11 Å². The average Bonchev–Trinajstić information content (AvgIpc) is 3.14. The maximum absolute atomic E-state index is 9.59. The Morgan fingerprint density at radius 2 is 2.04 bits per heavy atom. The molecule has 3 N–H and O–H groups in total. The summed E-state index contributed by atoms with van der Waals surface area (Å²) in [7, 11) is 0. The maximum atomic E-state index is 9.59. The Morgan fingerprint density at radius 1 is 1.22 bits per heavy atom. The van der Waals surface area contributed by atoms with Crippen LogP contribution in [0.1, 0.15) is 47.6 Å². The molecule has 0 spiro atoms. The van der Waals surface area contributed by atoms with Crippen molar-refractivity contribution in [1.82, 2.24) is 24.4 Å². The maximum Gasteiger partial charge on any atom is 0.199 e. The van der Waals surface area contributed by atoms with Gasteiger partial charge in [-0.15, -0.1) is 5.10 Å². The van der Waals surface area contributed by atoms with Gasteiger partial charge in [0.05, 0.1) is 25.0 Å². The third kappa shape index (κ3) is 2.72. The summed E-state index contributed by atoms with van der Waals surface area (Å²) >= 11 is 0. The van der Waals surface area contributed by atoms with Gasteiger partial charge in [-0.05, 0) is 30.4 Å². The molecule has 120 valence electrons. The first kappa shape index (κ1) is 14.3. The standard InChI is InChI=1S/C15H17N5O3/c21-8-11-3-10(9-1-2-9)4-19-5-12(16-14(11)19)6-20-7-13(15(22)23)17-18-20/h3-5,7,9,15,21-23H,1-2,6,8H2. The van der Waals surface area contributed by atoms with Crippen LogP contribution in [0.15, 0.2) is 24.7 Å². The fourth-order valence-electron chi connectivity index (χ4n) is 2.75. The lowest BCUT2D eigenvalue weighted by atomic mass is 10.1. The van der Waals surface area contributed by atoms with E-state index in [1.807, 2.05) is 16.7 Å². The number of hydrogen-bond donors (Lipinski definition) is 3. The minimum Gasteiger partial charge on any atom is -0.392 e. The second-order valence-corrected chi connectivity index (χ2v) is 5.91. The minimum absolute atomic E-state index is 0.0509. The molecule has 0 unspecified atom stereocenters. The molecule has 3 heterocycles. The van der Waals surface area contributed by atoms with Crippen molar-refractivity contribution in [3.05, 3.63) is 47.2 Å². The molecule has 1 aliphatic rings. The van der Waals surface area contributed by atoms with Crippen molar-refractivity contribution in [3.8, 4) is 0 Å². The molecule has 1 fully saturated rings. The second kappa shape index (κ2) is 5.41. The van der Waals surface area contributed by atoms with Crippen molar-refractivity contribution in [3.63, 3.8) is 0 Å². The molecule has 0 aliphatic heterocycles. The zero-order valence-corrected chi connectivity index (χ0v) is 12.4. The van der Waals surface area contributed by atoms with E-state index in [0.717, 1.165) is 16.9 Å². The average molecular weight is 315 g/mol. The van der Waals surface area contributed by atoms with Gasteiger partial charge in [-0.25, -0.2) is 9.67 Å². The smallest absolute Gasteiger partial charge is 0.199 e. The van der Waals surface area contributed by atoms with Gasteiger partial charge in [0.2, 0.25) is 0 Å². The molecule has 0 atom stereocenters. The first-order valence-electron chi connectivity index (χ1n) is 7.51. The molecule has 3 aromatic rings. The summed E-state index contributed by atoms with van der Waals surface area (Å²) in [6.45, 7) is 0.315. The summed E-state index contributed by atoms with van der Waals surface area (Å²) in [4.78, 5) is 4.54. The highest BCUT2D eigenvalue weighted by Gasteiger charge is 2.25. The number of imidazole rings is 1. The number of aliphatic hydroxyl groups is 3. The van der Waals surface area contributed by atoms with Crippen LogP contribution in [0.3, 0.4) is 0 Å². The molecule has 23 heavy (non-hydrogen) atoms. The first-order valence-corrected chi connectivity index (χ1v) is 7.51. The zero-order chi connectivity index (χ0) is 16.0.